The molecule has 0 saturated carbocycles. The number of phenols is 1. The number of anilines is 1. The minimum absolute atomic E-state index is 0. The molecule has 2 fully saturated rings. The molecule has 2 aliphatic rings. The first-order chi connectivity index (χ1) is 14.8. The molecule has 2 atom stereocenters. The quantitative estimate of drug-likeness (QED) is 0.399. The number of rotatable bonds is 3. The largest absolute Gasteiger partial charge is 0.507 e. The molecule has 2 saturated heterocycles. The number of nitrogens with zero attached hydrogens (tertiary/aromatic N) is 5. The summed E-state index contributed by atoms with van der Waals surface area (Å²) in [6.07, 6.45) is 5.99. The monoisotopic (exact) mass is 491 g/mol. The molecule has 8 nitrogen and oxygen atoms in total. The molecule has 4 aromatic rings. The van der Waals surface area contributed by atoms with Crippen LogP contribution in [0.4, 0.5) is 5.13 Å². The second-order valence-corrected chi connectivity index (χ2v) is 8.94. The molecule has 3 aromatic heterocycles. The van der Waals surface area contributed by atoms with Gasteiger partial charge in [0.1, 0.15) is 5.75 Å². The van der Waals surface area contributed by atoms with Crippen LogP contribution in [-0.2, 0) is 0 Å². The van der Waals surface area contributed by atoms with Gasteiger partial charge in [-0.2, -0.15) is 10.1 Å². The Labute approximate surface area is 201 Å². The maximum atomic E-state index is 10.6. The van der Waals surface area contributed by atoms with E-state index in [1.54, 1.807) is 29.8 Å². The third kappa shape index (κ3) is 3.90. The van der Waals surface area contributed by atoms with Gasteiger partial charge in [-0.1, -0.05) is 17.4 Å². The van der Waals surface area contributed by atoms with Crippen molar-refractivity contribution >= 4 is 51.6 Å². The zero-order valence-corrected chi connectivity index (χ0v) is 19.5. The van der Waals surface area contributed by atoms with Crippen molar-refractivity contribution in [2.24, 2.45) is 5.92 Å². The van der Waals surface area contributed by atoms with Crippen molar-refractivity contribution in [3.63, 3.8) is 0 Å². The first kappa shape index (κ1) is 22.7. The molecule has 2 aliphatic heterocycles. The molecule has 0 amide bonds. The number of aromatic amines is 1. The van der Waals surface area contributed by atoms with Gasteiger partial charge in [-0.25, -0.2) is 0 Å². The van der Waals surface area contributed by atoms with Crippen molar-refractivity contribution < 1.29 is 5.11 Å². The zero-order valence-electron chi connectivity index (χ0n) is 17.1. The van der Waals surface area contributed by atoms with Gasteiger partial charge in [0.15, 0.2) is 10.8 Å². The molecule has 1 aromatic carbocycles. The Morgan fingerprint density at radius 3 is 2.81 bits per heavy atom. The lowest BCUT2D eigenvalue weighted by Gasteiger charge is -2.31. The molecule has 6 rings (SSSR count). The zero-order chi connectivity index (χ0) is 20.1. The summed E-state index contributed by atoms with van der Waals surface area (Å²) in [4.78, 5) is 7.19. The summed E-state index contributed by atoms with van der Waals surface area (Å²) in [5.41, 5.74) is 3.78. The number of hydrogen-bond donors (Lipinski definition) is 3. The fourth-order valence-electron chi connectivity index (χ4n) is 4.63. The highest BCUT2D eigenvalue weighted by Gasteiger charge is 2.37. The molecule has 11 heteroatoms. The maximum absolute atomic E-state index is 10.6. The van der Waals surface area contributed by atoms with E-state index < -0.39 is 0 Å². The van der Waals surface area contributed by atoms with Gasteiger partial charge in [0.25, 0.3) is 0 Å². The van der Waals surface area contributed by atoms with Gasteiger partial charge in [0.05, 0.1) is 16.6 Å². The molecule has 0 unspecified atom stereocenters. The Kier molecular flexibility index (Phi) is 6.52. The van der Waals surface area contributed by atoms with Crippen LogP contribution in [0.5, 0.6) is 5.75 Å². The number of benzene rings is 1. The Hall–Kier alpha value is -2.46. The number of thiazole rings is 1. The number of piperidine rings is 1. The fourth-order valence-corrected chi connectivity index (χ4v) is 5.65. The average molecular weight is 492 g/mol. The summed E-state index contributed by atoms with van der Waals surface area (Å²) in [5, 5.41) is 30.6. The second-order valence-electron chi connectivity index (χ2n) is 7.94. The highest BCUT2D eigenvalue weighted by atomic mass is 35.5. The van der Waals surface area contributed by atoms with E-state index in [1.165, 1.54) is 12.8 Å². The van der Waals surface area contributed by atoms with Gasteiger partial charge >= 0.3 is 0 Å². The molecular formula is C21H23Cl2N7OS. The number of aromatic nitrogens is 5. The van der Waals surface area contributed by atoms with Crippen molar-refractivity contribution in [3.8, 4) is 28.1 Å². The number of nitrogens with one attached hydrogen (secondary N) is 2. The first-order valence-corrected chi connectivity index (χ1v) is 11.0. The minimum atomic E-state index is 0. The molecule has 0 aliphatic carbocycles. The lowest BCUT2D eigenvalue weighted by molar-refractivity contribution is 0.359. The molecule has 0 radical (unpaired) electrons. The Bertz CT molecular complexity index is 1220. The lowest BCUT2D eigenvalue weighted by Crippen LogP contribution is -2.45. The lowest BCUT2D eigenvalue weighted by atomic mass is 9.94. The highest BCUT2D eigenvalue weighted by Crippen LogP contribution is 2.38. The summed E-state index contributed by atoms with van der Waals surface area (Å²) in [6.45, 7) is 3.19. The van der Waals surface area contributed by atoms with Crippen LogP contribution >= 0.6 is 36.2 Å². The second kappa shape index (κ2) is 9.19. The third-order valence-corrected chi connectivity index (χ3v) is 7.25. The minimum Gasteiger partial charge on any atom is -0.507 e. The summed E-state index contributed by atoms with van der Waals surface area (Å²) in [5.74, 6) is 0.924. The van der Waals surface area contributed by atoms with Crippen LogP contribution < -0.4 is 10.2 Å². The SMILES string of the molecule is Cl.Cl.Oc1cc(-c2cn[nH]c2)ccc1-c1cc2sc(N3CC[C@H]4CCNC[C@H]43)nc2nn1. The normalized spacial score (nSPS) is 19.9. The summed E-state index contributed by atoms with van der Waals surface area (Å²) in [6, 6.07) is 8.04. The van der Waals surface area contributed by atoms with Gasteiger partial charge in [-0.3, -0.25) is 5.10 Å². The van der Waals surface area contributed by atoms with Gasteiger partial charge in [-0.05, 0) is 49.1 Å². The van der Waals surface area contributed by atoms with Crippen LogP contribution in [0, 0.1) is 5.92 Å². The van der Waals surface area contributed by atoms with E-state index in [2.05, 4.69) is 30.6 Å². The number of hydrogen-bond acceptors (Lipinski definition) is 8. The highest BCUT2D eigenvalue weighted by molar-refractivity contribution is 7.22. The van der Waals surface area contributed by atoms with Crippen molar-refractivity contribution in [2.75, 3.05) is 24.5 Å². The van der Waals surface area contributed by atoms with Crippen molar-refractivity contribution in [1.82, 2.24) is 30.7 Å². The number of aromatic hydroxyl groups is 1. The molecule has 3 N–H and O–H groups in total. The van der Waals surface area contributed by atoms with Gasteiger partial charge in [0.2, 0.25) is 0 Å². The smallest absolute Gasteiger partial charge is 0.194 e. The van der Waals surface area contributed by atoms with Crippen molar-refractivity contribution in [3.05, 3.63) is 36.7 Å². The molecule has 32 heavy (non-hydrogen) atoms. The summed E-state index contributed by atoms with van der Waals surface area (Å²) < 4.78 is 0.987. The van der Waals surface area contributed by atoms with E-state index in [0.717, 1.165) is 46.5 Å². The summed E-state index contributed by atoms with van der Waals surface area (Å²) >= 11 is 1.66. The Morgan fingerprint density at radius 2 is 2.00 bits per heavy atom. The molecule has 5 heterocycles. The Balaban J connectivity index is 0.00000122. The molecule has 0 bridgehead atoms. The first-order valence-electron chi connectivity index (χ1n) is 10.2. The van der Waals surface area contributed by atoms with E-state index >= 15 is 0 Å². The van der Waals surface area contributed by atoms with Crippen LogP contribution in [0.3, 0.4) is 0 Å². The van der Waals surface area contributed by atoms with Gasteiger partial charge in [0, 0.05) is 36.5 Å². The van der Waals surface area contributed by atoms with Crippen molar-refractivity contribution in [2.45, 2.75) is 18.9 Å². The number of halogens is 2. The number of fused-ring (bicyclic) bond motifs is 2. The fraction of sp³-hybridized carbons (Fsp3) is 0.333. The molecule has 0 spiro atoms. The Morgan fingerprint density at radius 1 is 1.09 bits per heavy atom. The van der Waals surface area contributed by atoms with Crippen molar-refractivity contribution in [1.29, 1.82) is 0 Å². The van der Waals surface area contributed by atoms with Crippen LogP contribution in [0.15, 0.2) is 36.7 Å². The molecular weight excluding hydrogens is 469 g/mol. The van der Waals surface area contributed by atoms with Crippen LogP contribution in [0.2, 0.25) is 0 Å². The van der Waals surface area contributed by atoms with E-state index in [-0.39, 0.29) is 30.6 Å². The summed E-state index contributed by atoms with van der Waals surface area (Å²) in [7, 11) is 0. The third-order valence-electron chi connectivity index (χ3n) is 6.23. The predicted octanol–water partition coefficient (Wildman–Crippen LogP) is 3.88. The van der Waals surface area contributed by atoms with E-state index in [9.17, 15) is 5.11 Å². The van der Waals surface area contributed by atoms with Crippen LogP contribution in [0.1, 0.15) is 12.8 Å². The topological polar surface area (TPSA) is 103 Å². The number of phenolic OH excluding ortho intramolecular Hbond substituents is 1. The van der Waals surface area contributed by atoms with Gasteiger partial charge < -0.3 is 15.3 Å². The number of H-pyrrole nitrogens is 1. The molecule has 168 valence electrons. The van der Waals surface area contributed by atoms with Gasteiger partial charge in [-0.15, -0.1) is 35.0 Å². The average Bonchev–Trinajstić information content (AvgIpc) is 3.51. The van der Waals surface area contributed by atoms with E-state index in [4.69, 9.17) is 4.98 Å². The van der Waals surface area contributed by atoms with Crippen LogP contribution in [0.25, 0.3) is 32.7 Å². The van der Waals surface area contributed by atoms with E-state index in [1.807, 2.05) is 18.2 Å². The predicted molar refractivity (Wildman–Crippen MR) is 131 cm³/mol. The standard InChI is InChI=1S/C21H21N7OS.2ClH/c29-18-7-13(14-9-23-24-10-14)1-2-15(18)16-8-19-20(27-26-16)25-21(30-19)28-6-4-12-3-5-22-11-17(12)28;;/h1-2,7-10,12,17,22,29H,3-6,11H2,(H,23,24);2*1H/t12-,17-;;/m1../s1. The van der Waals surface area contributed by atoms with Crippen LogP contribution in [-0.4, -0.2) is 56.2 Å². The van der Waals surface area contributed by atoms with E-state index in [0.29, 0.717) is 22.9 Å². The maximum Gasteiger partial charge on any atom is 0.194 e.